The van der Waals surface area contributed by atoms with Crippen molar-refractivity contribution >= 4 is 29.2 Å². The Kier molecular flexibility index (Phi) is 4.29. The fraction of sp³-hybridized carbons (Fsp3) is 0.167. The van der Waals surface area contributed by atoms with E-state index in [2.05, 4.69) is 15.0 Å². The van der Waals surface area contributed by atoms with E-state index in [0.717, 1.165) is 0 Å². The molecule has 0 fully saturated rings. The molecule has 5 nitrogen and oxygen atoms in total. The van der Waals surface area contributed by atoms with E-state index >= 15 is 0 Å². The topological polar surface area (TPSA) is 65.0 Å². The van der Waals surface area contributed by atoms with Crippen LogP contribution in [0, 0.1) is 0 Å². The van der Waals surface area contributed by atoms with E-state index in [9.17, 15) is 4.79 Å². The minimum atomic E-state index is -0.465. The van der Waals surface area contributed by atoms with Crippen LogP contribution in [0.2, 0.25) is 10.2 Å². The first kappa shape index (κ1) is 13.7. The summed E-state index contributed by atoms with van der Waals surface area (Å²) in [7, 11) is 0. The number of carbonyl (C=O) groups is 1. The third-order valence-corrected chi connectivity index (χ3v) is 2.73. The van der Waals surface area contributed by atoms with Gasteiger partial charge in [-0.15, -0.1) is 0 Å². The summed E-state index contributed by atoms with van der Waals surface area (Å²) in [6, 6.07) is 1.56. The lowest BCUT2D eigenvalue weighted by Crippen LogP contribution is -2.06. The van der Waals surface area contributed by atoms with Gasteiger partial charge < -0.3 is 4.74 Å². The van der Waals surface area contributed by atoms with Crippen LogP contribution in [-0.4, -0.2) is 27.5 Å². The van der Waals surface area contributed by atoms with Gasteiger partial charge in [0, 0.05) is 24.2 Å². The Morgan fingerprint density at radius 3 is 2.53 bits per heavy atom. The van der Waals surface area contributed by atoms with Gasteiger partial charge in [0.15, 0.2) is 5.82 Å². The molecule has 0 aliphatic rings. The molecule has 0 aromatic carbocycles. The number of rotatable bonds is 3. The van der Waals surface area contributed by atoms with E-state index in [0.29, 0.717) is 23.0 Å². The largest absolute Gasteiger partial charge is 0.462 e. The molecule has 2 aromatic heterocycles. The predicted molar refractivity (Wildman–Crippen MR) is 71.2 cm³/mol. The summed E-state index contributed by atoms with van der Waals surface area (Å²) >= 11 is 11.8. The average molecular weight is 298 g/mol. The Bertz CT molecular complexity index is 602. The lowest BCUT2D eigenvalue weighted by atomic mass is 10.2. The highest BCUT2D eigenvalue weighted by atomic mass is 35.5. The second kappa shape index (κ2) is 5.95. The van der Waals surface area contributed by atoms with E-state index in [1.807, 2.05) is 0 Å². The van der Waals surface area contributed by atoms with E-state index < -0.39 is 5.97 Å². The van der Waals surface area contributed by atoms with Gasteiger partial charge in [-0.3, -0.25) is 0 Å². The summed E-state index contributed by atoms with van der Waals surface area (Å²) < 4.78 is 4.84. The van der Waals surface area contributed by atoms with Crippen molar-refractivity contribution in [3.8, 4) is 11.4 Å². The van der Waals surface area contributed by atoms with Crippen molar-refractivity contribution in [2.24, 2.45) is 0 Å². The zero-order valence-electron chi connectivity index (χ0n) is 9.93. The van der Waals surface area contributed by atoms with Crippen molar-refractivity contribution in [1.82, 2.24) is 15.0 Å². The standard InChI is InChI=1S/C12H9Cl2N3O2/c1-2-19-12(18)7-4-16-11(17-5-7)8-3-10(14)15-6-9(8)13/h3-6H,2H2,1H3. The SMILES string of the molecule is CCOC(=O)c1cnc(-c2cc(Cl)ncc2Cl)nc1. The molecule has 0 bridgehead atoms. The van der Waals surface area contributed by atoms with Gasteiger partial charge in [-0.05, 0) is 13.0 Å². The van der Waals surface area contributed by atoms with Crippen LogP contribution in [0.5, 0.6) is 0 Å². The van der Waals surface area contributed by atoms with Crippen molar-refractivity contribution in [3.05, 3.63) is 40.4 Å². The third-order valence-electron chi connectivity index (χ3n) is 2.23. The molecule has 0 unspecified atom stereocenters. The van der Waals surface area contributed by atoms with E-state index in [1.54, 1.807) is 13.0 Å². The molecule has 0 saturated heterocycles. The van der Waals surface area contributed by atoms with Gasteiger partial charge in [-0.1, -0.05) is 23.2 Å². The summed E-state index contributed by atoms with van der Waals surface area (Å²) in [5.74, 6) is -0.102. The van der Waals surface area contributed by atoms with E-state index in [1.165, 1.54) is 18.6 Å². The van der Waals surface area contributed by atoms with Crippen LogP contribution in [-0.2, 0) is 4.74 Å². The molecule has 2 rings (SSSR count). The number of nitrogens with zero attached hydrogens (tertiary/aromatic N) is 3. The zero-order valence-corrected chi connectivity index (χ0v) is 11.4. The molecule has 0 amide bonds. The number of esters is 1. The average Bonchev–Trinajstić information content (AvgIpc) is 2.42. The number of carbonyl (C=O) groups excluding carboxylic acids is 1. The van der Waals surface area contributed by atoms with Crippen LogP contribution in [0.3, 0.4) is 0 Å². The first-order valence-electron chi connectivity index (χ1n) is 5.42. The fourth-order valence-corrected chi connectivity index (χ4v) is 1.72. The molecule has 2 heterocycles. The molecule has 19 heavy (non-hydrogen) atoms. The Morgan fingerprint density at radius 1 is 1.21 bits per heavy atom. The van der Waals surface area contributed by atoms with Crippen molar-refractivity contribution < 1.29 is 9.53 Å². The monoisotopic (exact) mass is 297 g/mol. The fourth-order valence-electron chi connectivity index (χ4n) is 1.37. The Morgan fingerprint density at radius 2 is 1.89 bits per heavy atom. The second-order valence-corrected chi connectivity index (χ2v) is 4.30. The van der Waals surface area contributed by atoms with E-state index in [-0.39, 0.29) is 10.7 Å². The summed E-state index contributed by atoms with van der Waals surface area (Å²) in [5, 5.41) is 0.672. The van der Waals surface area contributed by atoms with Crippen molar-refractivity contribution in [2.75, 3.05) is 6.61 Å². The Labute approximate surface area is 119 Å². The molecular weight excluding hydrogens is 289 g/mol. The number of hydrogen-bond donors (Lipinski definition) is 0. The van der Waals surface area contributed by atoms with Crippen LogP contribution in [0.15, 0.2) is 24.7 Å². The number of pyridine rings is 1. The number of halogens is 2. The maximum Gasteiger partial charge on any atom is 0.341 e. The maximum absolute atomic E-state index is 11.5. The van der Waals surface area contributed by atoms with Gasteiger partial charge >= 0.3 is 5.97 Å². The smallest absolute Gasteiger partial charge is 0.341 e. The molecule has 98 valence electrons. The Hall–Kier alpha value is -1.72. The van der Waals surface area contributed by atoms with Gasteiger partial charge in [-0.2, -0.15) is 0 Å². The van der Waals surface area contributed by atoms with Crippen molar-refractivity contribution in [1.29, 1.82) is 0 Å². The summed E-state index contributed by atoms with van der Waals surface area (Å²) in [5.41, 5.74) is 0.832. The van der Waals surface area contributed by atoms with Gasteiger partial charge in [0.05, 0.1) is 17.2 Å². The Balaban J connectivity index is 2.32. The molecule has 0 spiro atoms. The molecule has 2 aromatic rings. The van der Waals surface area contributed by atoms with Crippen LogP contribution in [0.1, 0.15) is 17.3 Å². The number of ether oxygens (including phenoxy) is 1. The van der Waals surface area contributed by atoms with Gasteiger partial charge in [0.2, 0.25) is 0 Å². The molecule has 0 aliphatic carbocycles. The van der Waals surface area contributed by atoms with Gasteiger partial charge in [0.1, 0.15) is 5.15 Å². The van der Waals surface area contributed by atoms with Crippen LogP contribution >= 0.6 is 23.2 Å². The number of aromatic nitrogens is 3. The molecular formula is C12H9Cl2N3O2. The molecule has 0 aliphatic heterocycles. The summed E-state index contributed by atoms with van der Waals surface area (Å²) in [6.07, 6.45) is 4.18. The quantitative estimate of drug-likeness (QED) is 0.643. The predicted octanol–water partition coefficient (Wildman–Crippen LogP) is 3.02. The molecule has 7 heteroatoms. The minimum Gasteiger partial charge on any atom is -0.462 e. The lowest BCUT2D eigenvalue weighted by Gasteiger charge is -2.04. The lowest BCUT2D eigenvalue weighted by molar-refractivity contribution is 0.0525. The third kappa shape index (κ3) is 3.19. The van der Waals surface area contributed by atoms with Crippen LogP contribution in [0.25, 0.3) is 11.4 Å². The molecule has 0 radical (unpaired) electrons. The van der Waals surface area contributed by atoms with E-state index in [4.69, 9.17) is 27.9 Å². The highest BCUT2D eigenvalue weighted by molar-refractivity contribution is 6.34. The maximum atomic E-state index is 11.5. The minimum absolute atomic E-state index is 0.280. The highest BCUT2D eigenvalue weighted by Gasteiger charge is 2.11. The van der Waals surface area contributed by atoms with Crippen LogP contribution in [0.4, 0.5) is 0 Å². The normalized spacial score (nSPS) is 10.3. The number of hydrogen-bond acceptors (Lipinski definition) is 5. The zero-order chi connectivity index (χ0) is 13.8. The molecule has 0 saturated carbocycles. The van der Waals surface area contributed by atoms with Crippen molar-refractivity contribution in [2.45, 2.75) is 6.92 Å². The second-order valence-electron chi connectivity index (χ2n) is 3.50. The summed E-state index contributed by atoms with van der Waals surface area (Å²) in [4.78, 5) is 23.4. The molecule has 0 N–H and O–H groups in total. The van der Waals surface area contributed by atoms with Gasteiger partial charge in [-0.25, -0.2) is 19.7 Å². The van der Waals surface area contributed by atoms with Crippen molar-refractivity contribution in [3.63, 3.8) is 0 Å². The highest BCUT2D eigenvalue weighted by Crippen LogP contribution is 2.26. The van der Waals surface area contributed by atoms with Gasteiger partial charge in [0.25, 0.3) is 0 Å². The first-order valence-corrected chi connectivity index (χ1v) is 6.18. The summed E-state index contributed by atoms with van der Waals surface area (Å²) in [6.45, 7) is 2.03. The first-order chi connectivity index (χ1) is 9.11. The van der Waals surface area contributed by atoms with Crippen LogP contribution < -0.4 is 0 Å². The molecule has 0 atom stereocenters.